The molecule has 1 aliphatic carbocycles. The number of hydrogen-bond acceptors (Lipinski definition) is 2. The highest BCUT2D eigenvalue weighted by Crippen LogP contribution is 2.39. The smallest absolute Gasteiger partial charge is 0.138 e. The number of rotatable bonds is 4. The normalized spacial score (nSPS) is 15.0. The summed E-state index contributed by atoms with van der Waals surface area (Å²) in [5.41, 5.74) is 10.6. The summed E-state index contributed by atoms with van der Waals surface area (Å²) in [4.78, 5) is 14.4. The van der Waals surface area contributed by atoms with Gasteiger partial charge < -0.3 is 4.98 Å². The zero-order chi connectivity index (χ0) is 32.9. The Morgan fingerprint density at radius 1 is 0.673 bits per heavy atom. The minimum absolute atomic E-state index is 0.389. The van der Waals surface area contributed by atoms with E-state index in [-0.39, 0.29) is 0 Å². The first-order valence-electron chi connectivity index (χ1n) is 17.1. The second-order valence-corrected chi connectivity index (χ2v) is 13.2. The average molecular weight is 630 g/mol. The van der Waals surface area contributed by atoms with Crippen LogP contribution in [0.2, 0.25) is 0 Å². The molecule has 2 heterocycles. The van der Waals surface area contributed by atoms with Crippen molar-refractivity contribution in [2.75, 3.05) is 0 Å². The topological polar surface area (TPSA) is 41.0 Å². The lowest BCUT2D eigenvalue weighted by atomic mass is 9.88. The quantitative estimate of drug-likeness (QED) is 0.193. The molecule has 0 amide bonds. The molecule has 1 atom stereocenters. The van der Waals surface area contributed by atoms with Crippen LogP contribution in [0.5, 0.6) is 0 Å². The molecule has 0 saturated carbocycles. The monoisotopic (exact) mass is 629 g/mol. The lowest BCUT2D eigenvalue weighted by molar-refractivity contribution is 0.754. The fraction of sp³-hybridized carbons (Fsp3) is 0.0870. The fourth-order valence-electron chi connectivity index (χ4n) is 7.51. The second kappa shape index (κ2) is 11.9. The molecule has 49 heavy (non-hydrogen) atoms. The minimum Gasteiger partial charge on any atom is -0.346 e. The molecule has 3 heteroatoms. The average Bonchev–Trinajstić information content (AvgIpc) is 3.15. The van der Waals surface area contributed by atoms with Crippen LogP contribution in [0, 0.1) is 12.8 Å². The van der Waals surface area contributed by atoms with Gasteiger partial charge in [-0.3, -0.25) is 0 Å². The predicted molar refractivity (Wildman–Crippen MR) is 207 cm³/mol. The molecule has 1 N–H and O–H groups in total. The van der Waals surface area contributed by atoms with Gasteiger partial charge in [0.2, 0.25) is 0 Å². The highest BCUT2D eigenvalue weighted by molar-refractivity contribution is 6.12. The van der Waals surface area contributed by atoms with Crippen LogP contribution in [0.3, 0.4) is 0 Å². The SMILES string of the molecule is Cc1c(C2=CC=CCC2C)nc2ccccc2c1N=c1[nH]cc(-c2c3ccccc3cc3ccccc23)cc1-c1ccc2ccccc2c1. The number of allylic oxidation sites excluding steroid dienone is 4. The number of para-hydroxylation sites is 1. The van der Waals surface area contributed by atoms with Crippen LogP contribution in [0.25, 0.3) is 71.0 Å². The molecule has 6 aromatic carbocycles. The summed E-state index contributed by atoms with van der Waals surface area (Å²) in [6.45, 7) is 4.45. The molecule has 1 aliphatic rings. The number of nitrogens with one attached hydrogen (secondary N) is 1. The minimum atomic E-state index is 0.389. The molecular weight excluding hydrogens is 595 g/mol. The summed E-state index contributed by atoms with van der Waals surface area (Å²) >= 11 is 0. The van der Waals surface area contributed by atoms with Gasteiger partial charge >= 0.3 is 0 Å². The maximum atomic E-state index is 5.52. The molecular formula is C46H35N3. The Morgan fingerprint density at radius 3 is 2.10 bits per heavy atom. The van der Waals surface area contributed by atoms with E-state index >= 15 is 0 Å². The van der Waals surface area contributed by atoms with Gasteiger partial charge in [0.15, 0.2) is 0 Å². The van der Waals surface area contributed by atoms with Crippen LogP contribution in [0.1, 0.15) is 24.6 Å². The summed E-state index contributed by atoms with van der Waals surface area (Å²) in [7, 11) is 0. The lowest BCUT2D eigenvalue weighted by Crippen LogP contribution is -2.12. The first-order chi connectivity index (χ1) is 24.1. The van der Waals surface area contributed by atoms with Crippen LogP contribution in [-0.2, 0) is 0 Å². The molecule has 3 nitrogen and oxygen atoms in total. The van der Waals surface area contributed by atoms with Gasteiger partial charge in [-0.25, -0.2) is 9.98 Å². The van der Waals surface area contributed by atoms with E-state index in [4.69, 9.17) is 9.98 Å². The van der Waals surface area contributed by atoms with E-state index < -0.39 is 0 Å². The van der Waals surface area contributed by atoms with Crippen molar-refractivity contribution in [3.8, 4) is 22.3 Å². The van der Waals surface area contributed by atoms with Crippen molar-refractivity contribution in [2.45, 2.75) is 20.3 Å². The van der Waals surface area contributed by atoms with Crippen LogP contribution < -0.4 is 5.49 Å². The van der Waals surface area contributed by atoms with Crippen LogP contribution in [0.4, 0.5) is 5.69 Å². The van der Waals surface area contributed by atoms with Gasteiger partial charge in [0, 0.05) is 22.7 Å². The lowest BCUT2D eigenvalue weighted by Gasteiger charge is -2.20. The molecule has 0 spiro atoms. The van der Waals surface area contributed by atoms with Crippen molar-refractivity contribution < 1.29 is 0 Å². The van der Waals surface area contributed by atoms with Crippen molar-refractivity contribution in [3.63, 3.8) is 0 Å². The third-order valence-electron chi connectivity index (χ3n) is 10.1. The molecule has 0 bridgehead atoms. The standard InChI is InChI=1S/C46H35N3/c1-29-13-3-8-18-37(29)44-30(2)45(40-21-11-12-22-42(40)48-44)49-46-41(35-24-23-31-14-4-5-15-32(31)25-35)27-36(28-47-46)43-38-19-9-6-16-33(38)26-34-17-7-10-20-39(34)43/h3-12,14-29H,13H2,1-2H3,(H,47,48,49). The van der Waals surface area contributed by atoms with E-state index in [9.17, 15) is 0 Å². The third-order valence-corrected chi connectivity index (χ3v) is 10.1. The van der Waals surface area contributed by atoms with Crippen molar-refractivity contribution in [1.82, 2.24) is 9.97 Å². The second-order valence-electron chi connectivity index (χ2n) is 13.2. The van der Waals surface area contributed by atoms with Crippen molar-refractivity contribution in [1.29, 1.82) is 0 Å². The fourth-order valence-corrected chi connectivity index (χ4v) is 7.51. The highest BCUT2D eigenvalue weighted by atomic mass is 14.9. The van der Waals surface area contributed by atoms with Gasteiger partial charge in [0.1, 0.15) is 5.49 Å². The number of pyridine rings is 2. The molecule has 1 unspecified atom stereocenters. The zero-order valence-corrected chi connectivity index (χ0v) is 27.6. The molecule has 0 radical (unpaired) electrons. The Bertz CT molecular complexity index is 2670. The predicted octanol–water partition coefficient (Wildman–Crippen LogP) is 11.9. The van der Waals surface area contributed by atoms with E-state index in [2.05, 4.69) is 171 Å². The highest BCUT2D eigenvalue weighted by Gasteiger charge is 2.20. The first-order valence-corrected chi connectivity index (χ1v) is 17.1. The Labute approximate surface area is 285 Å². The Morgan fingerprint density at radius 2 is 1.35 bits per heavy atom. The van der Waals surface area contributed by atoms with E-state index in [1.165, 1.54) is 43.5 Å². The number of H-pyrrole nitrogens is 1. The summed E-state index contributed by atoms with van der Waals surface area (Å²) in [6, 6.07) is 45.6. The van der Waals surface area contributed by atoms with E-state index in [0.717, 1.165) is 56.4 Å². The summed E-state index contributed by atoms with van der Waals surface area (Å²) in [6.07, 6.45) is 9.76. The van der Waals surface area contributed by atoms with Gasteiger partial charge in [-0.05, 0) is 98.1 Å². The number of benzene rings is 6. The van der Waals surface area contributed by atoms with Gasteiger partial charge in [-0.1, -0.05) is 128 Å². The molecule has 2 aromatic heterocycles. The largest absolute Gasteiger partial charge is 0.346 e. The first kappa shape index (κ1) is 29.1. The van der Waals surface area contributed by atoms with Crippen LogP contribution in [-0.4, -0.2) is 9.97 Å². The summed E-state index contributed by atoms with van der Waals surface area (Å²) in [5.74, 6) is 0.389. The van der Waals surface area contributed by atoms with E-state index in [1.807, 2.05) is 0 Å². The molecule has 234 valence electrons. The number of hydrogen-bond donors (Lipinski definition) is 1. The van der Waals surface area contributed by atoms with Gasteiger partial charge in [0.25, 0.3) is 0 Å². The molecule has 0 fully saturated rings. The Kier molecular flexibility index (Phi) is 7.05. The zero-order valence-electron chi connectivity index (χ0n) is 27.6. The van der Waals surface area contributed by atoms with Crippen molar-refractivity contribution in [3.05, 3.63) is 169 Å². The summed E-state index contributed by atoms with van der Waals surface area (Å²) < 4.78 is 0. The Balaban J connectivity index is 1.35. The molecule has 8 aromatic rings. The maximum Gasteiger partial charge on any atom is 0.138 e. The van der Waals surface area contributed by atoms with Crippen LogP contribution >= 0.6 is 0 Å². The summed E-state index contributed by atoms with van der Waals surface area (Å²) in [5, 5.41) is 8.38. The molecule has 0 aliphatic heterocycles. The third kappa shape index (κ3) is 5.06. The maximum absolute atomic E-state index is 5.52. The number of aromatic nitrogens is 2. The van der Waals surface area contributed by atoms with Crippen molar-refractivity contribution in [2.24, 2.45) is 10.9 Å². The number of aromatic amines is 1. The number of nitrogens with zero attached hydrogens (tertiary/aromatic N) is 2. The van der Waals surface area contributed by atoms with E-state index in [1.54, 1.807) is 0 Å². The van der Waals surface area contributed by atoms with Gasteiger partial charge in [-0.15, -0.1) is 0 Å². The molecule has 0 saturated heterocycles. The van der Waals surface area contributed by atoms with E-state index in [0.29, 0.717) is 5.92 Å². The van der Waals surface area contributed by atoms with Crippen molar-refractivity contribution >= 4 is 54.5 Å². The Hall–Kier alpha value is -6.06. The van der Waals surface area contributed by atoms with Gasteiger partial charge in [0.05, 0.1) is 16.9 Å². The van der Waals surface area contributed by atoms with Crippen LogP contribution in [0.15, 0.2) is 157 Å². The number of fused-ring (bicyclic) bond motifs is 4. The molecule has 9 rings (SSSR count). The van der Waals surface area contributed by atoms with Gasteiger partial charge in [-0.2, -0.15) is 0 Å².